The van der Waals surface area contributed by atoms with E-state index in [9.17, 15) is 9.90 Å². The molecule has 2 aromatic rings. The zero-order valence-corrected chi connectivity index (χ0v) is 15.3. The molecule has 0 spiro atoms. The Morgan fingerprint density at radius 1 is 1.12 bits per heavy atom. The van der Waals surface area contributed by atoms with E-state index in [0.29, 0.717) is 25.2 Å². The third kappa shape index (κ3) is 6.11. The molecule has 1 amide bonds. The Hall–Kier alpha value is -2.54. The van der Waals surface area contributed by atoms with Gasteiger partial charge in [-0.15, -0.1) is 11.3 Å². The Morgan fingerprint density at radius 2 is 1.84 bits per heavy atom. The number of carbonyl (C=O) groups excluding carboxylic acids is 1. The third-order valence-corrected chi connectivity index (χ3v) is 4.53. The molecule has 1 aromatic carbocycles. The monoisotopic (exact) mass is 360 g/mol. The fourth-order valence-electron chi connectivity index (χ4n) is 2.13. The SMILES string of the molecule is CCNC(=NCc1sccc1C)NCCNC(=O)c1ccc(O)cc1. The average molecular weight is 360 g/mol. The van der Waals surface area contributed by atoms with E-state index in [2.05, 4.69) is 39.3 Å². The standard InChI is InChI=1S/C18H24N4O2S/c1-3-19-18(22-12-16-13(2)8-11-25-16)21-10-9-20-17(24)14-4-6-15(23)7-5-14/h4-8,11,23H,3,9-10,12H2,1-2H3,(H,20,24)(H2,19,21,22). The highest BCUT2D eigenvalue weighted by molar-refractivity contribution is 7.10. The molecule has 0 aliphatic carbocycles. The molecule has 25 heavy (non-hydrogen) atoms. The quantitative estimate of drug-likeness (QED) is 0.347. The van der Waals surface area contributed by atoms with Crippen LogP contribution in [0.2, 0.25) is 0 Å². The fraction of sp³-hybridized carbons (Fsp3) is 0.333. The van der Waals surface area contributed by atoms with Crippen LogP contribution < -0.4 is 16.0 Å². The van der Waals surface area contributed by atoms with E-state index in [4.69, 9.17) is 0 Å². The van der Waals surface area contributed by atoms with E-state index >= 15 is 0 Å². The van der Waals surface area contributed by atoms with Crippen LogP contribution in [0.5, 0.6) is 5.75 Å². The Bertz CT molecular complexity index is 710. The molecule has 0 unspecified atom stereocenters. The maximum absolute atomic E-state index is 12.0. The lowest BCUT2D eigenvalue weighted by Crippen LogP contribution is -2.41. The third-order valence-electron chi connectivity index (χ3n) is 3.53. The van der Waals surface area contributed by atoms with Crippen molar-refractivity contribution in [1.82, 2.24) is 16.0 Å². The van der Waals surface area contributed by atoms with Crippen LogP contribution in [0, 0.1) is 6.92 Å². The summed E-state index contributed by atoms with van der Waals surface area (Å²) in [6.45, 7) is 6.55. The number of thiophene rings is 1. The molecule has 0 aliphatic rings. The maximum atomic E-state index is 12.0. The first-order valence-electron chi connectivity index (χ1n) is 8.22. The highest BCUT2D eigenvalue weighted by Crippen LogP contribution is 2.16. The van der Waals surface area contributed by atoms with Gasteiger partial charge in [-0.25, -0.2) is 4.99 Å². The molecule has 1 heterocycles. The van der Waals surface area contributed by atoms with E-state index in [1.54, 1.807) is 23.5 Å². The van der Waals surface area contributed by atoms with Crippen molar-refractivity contribution >= 4 is 23.2 Å². The zero-order chi connectivity index (χ0) is 18.1. The average Bonchev–Trinajstić information content (AvgIpc) is 3.02. The van der Waals surface area contributed by atoms with Crippen molar-refractivity contribution in [1.29, 1.82) is 0 Å². The van der Waals surface area contributed by atoms with Crippen LogP contribution in [0.15, 0.2) is 40.7 Å². The molecular formula is C18H24N4O2S. The Balaban J connectivity index is 1.78. The second-order valence-corrected chi connectivity index (χ2v) is 6.45. The van der Waals surface area contributed by atoms with E-state index in [0.717, 1.165) is 12.5 Å². The number of carbonyl (C=O) groups is 1. The van der Waals surface area contributed by atoms with Crippen LogP contribution in [0.3, 0.4) is 0 Å². The number of aromatic hydroxyl groups is 1. The predicted octanol–water partition coefficient (Wildman–Crippen LogP) is 2.25. The second-order valence-electron chi connectivity index (χ2n) is 5.45. The minimum atomic E-state index is -0.169. The molecule has 0 saturated carbocycles. The zero-order valence-electron chi connectivity index (χ0n) is 14.5. The number of nitrogens with one attached hydrogen (secondary N) is 3. The first-order chi connectivity index (χ1) is 12.1. The van der Waals surface area contributed by atoms with Crippen molar-refractivity contribution in [3.8, 4) is 5.75 Å². The number of guanidine groups is 1. The summed E-state index contributed by atoms with van der Waals surface area (Å²) in [5.74, 6) is 0.706. The molecule has 7 heteroatoms. The van der Waals surface area contributed by atoms with Gasteiger partial charge >= 0.3 is 0 Å². The van der Waals surface area contributed by atoms with E-state index in [1.807, 2.05) is 6.92 Å². The molecule has 1 aromatic heterocycles. The molecule has 134 valence electrons. The largest absolute Gasteiger partial charge is 0.508 e. The lowest BCUT2D eigenvalue weighted by atomic mass is 10.2. The number of rotatable bonds is 7. The molecular weight excluding hydrogens is 336 g/mol. The summed E-state index contributed by atoms with van der Waals surface area (Å²) in [4.78, 5) is 17.8. The smallest absolute Gasteiger partial charge is 0.251 e. The van der Waals surface area contributed by atoms with Gasteiger partial charge in [0.15, 0.2) is 5.96 Å². The Morgan fingerprint density at radius 3 is 2.48 bits per heavy atom. The van der Waals surface area contributed by atoms with Gasteiger partial charge in [0.25, 0.3) is 5.91 Å². The normalized spacial score (nSPS) is 11.2. The van der Waals surface area contributed by atoms with Gasteiger partial charge in [-0.05, 0) is 55.1 Å². The van der Waals surface area contributed by atoms with E-state index < -0.39 is 0 Å². The number of benzene rings is 1. The van der Waals surface area contributed by atoms with Crippen molar-refractivity contribution in [2.24, 2.45) is 4.99 Å². The molecule has 0 aliphatic heterocycles. The van der Waals surface area contributed by atoms with Crippen molar-refractivity contribution in [3.63, 3.8) is 0 Å². The number of aryl methyl sites for hydroxylation is 1. The summed E-state index contributed by atoms with van der Waals surface area (Å²) in [6.07, 6.45) is 0. The van der Waals surface area contributed by atoms with Crippen molar-refractivity contribution in [3.05, 3.63) is 51.7 Å². The topological polar surface area (TPSA) is 85.8 Å². The van der Waals surface area contributed by atoms with Gasteiger partial charge in [0.1, 0.15) is 5.75 Å². The van der Waals surface area contributed by atoms with Crippen LogP contribution >= 0.6 is 11.3 Å². The second kappa shape index (κ2) is 9.68. The van der Waals surface area contributed by atoms with E-state index in [-0.39, 0.29) is 11.7 Å². The summed E-state index contributed by atoms with van der Waals surface area (Å²) in [6, 6.07) is 8.26. The van der Waals surface area contributed by atoms with Gasteiger partial charge in [0.2, 0.25) is 0 Å². The molecule has 6 nitrogen and oxygen atoms in total. The number of amides is 1. The highest BCUT2D eigenvalue weighted by Gasteiger charge is 2.05. The lowest BCUT2D eigenvalue weighted by molar-refractivity contribution is 0.0954. The van der Waals surface area contributed by atoms with Crippen molar-refractivity contribution in [2.75, 3.05) is 19.6 Å². The van der Waals surface area contributed by atoms with Gasteiger partial charge in [-0.1, -0.05) is 0 Å². The molecule has 0 saturated heterocycles. The summed E-state index contributed by atoms with van der Waals surface area (Å²) < 4.78 is 0. The Labute approximate surface area is 152 Å². The highest BCUT2D eigenvalue weighted by atomic mass is 32.1. The first kappa shape index (κ1) is 18.8. The van der Waals surface area contributed by atoms with Crippen LogP contribution in [0.4, 0.5) is 0 Å². The summed E-state index contributed by atoms with van der Waals surface area (Å²) in [5.41, 5.74) is 1.78. The number of hydrogen-bond acceptors (Lipinski definition) is 4. The van der Waals surface area contributed by atoms with Gasteiger partial charge in [0.05, 0.1) is 6.54 Å². The maximum Gasteiger partial charge on any atom is 0.251 e. The number of hydrogen-bond donors (Lipinski definition) is 4. The summed E-state index contributed by atoms with van der Waals surface area (Å²) >= 11 is 1.70. The van der Waals surface area contributed by atoms with Crippen molar-refractivity contribution < 1.29 is 9.90 Å². The minimum Gasteiger partial charge on any atom is -0.508 e. The van der Waals surface area contributed by atoms with Crippen LogP contribution in [0.25, 0.3) is 0 Å². The molecule has 0 radical (unpaired) electrons. The van der Waals surface area contributed by atoms with Gasteiger partial charge < -0.3 is 21.1 Å². The van der Waals surface area contributed by atoms with Crippen LogP contribution in [-0.2, 0) is 6.54 Å². The molecule has 0 fully saturated rings. The number of phenols is 1. The summed E-state index contributed by atoms with van der Waals surface area (Å²) in [5, 5.41) is 20.5. The molecule has 0 atom stereocenters. The van der Waals surface area contributed by atoms with Crippen molar-refractivity contribution in [2.45, 2.75) is 20.4 Å². The molecule has 0 bridgehead atoms. The van der Waals surface area contributed by atoms with Crippen LogP contribution in [-0.4, -0.2) is 36.6 Å². The number of aliphatic imine (C=N–C) groups is 1. The fourth-order valence-corrected chi connectivity index (χ4v) is 2.96. The lowest BCUT2D eigenvalue weighted by Gasteiger charge is -2.12. The summed E-state index contributed by atoms with van der Waals surface area (Å²) in [7, 11) is 0. The van der Waals surface area contributed by atoms with Gasteiger partial charge in [-0.2, -0.15) is 0 Å². The van der Waals surface area contributed by atoms with Gasteiger partial charge in [0, 0.05) is 30.1 Å². The number of phenolic OH excluding ortho intramolecular Hbond substituents is 1. The van der Waals surface area contributed by atoms with E-state index in [1.165, 1.54) is 22.6 Å². The van der Waals surface area contributed by atoms with Gasteiger partial charge in [-0.3, -0.25) is 4.79 Å². The Kier molecular flexibility index (Phi) is 7.28. The number of nitrogens with zero attached hydrogens (tertiary/aromatic N) is 1. The molecule has 4 N–H and O–H groups in total. The van der Waals surface area contributed by atoms with Crippen LogP contribution in [0.1, 0.15) is 27.7 Å². The minimum absolute atomic E-state index is 0.144. The molecule has 2 rings (SSSR count). The predicted molar refractivity (Wildman–Crippen MR) is 102 cm³/mol. The first-order valence-corrected chi connectivity index (χ1v) is 9.10.